The van der Waals surface area contributed by atoms with Crippen LogP contribution in [0.3, 0.4) is 0 Å². The van der Waals surface area contributed by atoms with Gasteiger partial charge in [0.1, 0.15) is 0 Å². The van der Waals surface area contributed by atoms with E-state index in [1.807, 2.05) is 7.05 Å². The molecule has 0 aliphatic rings. The van der Waals surface area contributed by atoms with E-state index in [0.717, 1.165) is 0 Å². The van der Waals surface area contributed by atoms with E-state index in [1.54, 1.807) is 11.3 Å². The Hall–Kier alpha value is -0.500. The minimum absolute atomic E-state index is 1.24. The minimum Gasteiger partial charge on any atom is -0.380 e. The van der Waals surface area contributed by atoms with E-state index in [4.69, 9.17) is 0 Å². The molecule has 1 aromatic rings. The van der Waals surface area contributed by atoms with Crippen molar-refractivity contribution in [3.8, 4) is 0 Å². The van der Waals surface area contributed by atoms with Crippen molar-refractivity contribution < 1.29 is 0 Å². The van der Waals surface area contributed by atoms with Crippen LogP contribution in [0, 0.1) is 6.92 Å². The van der Waals surface area contributed by atoms with Crippen LogP contribution in [0.4, 0.5) is 5.00 Å². The predicted octanol–water partition coefficient (Wildman–Crippen LogP) is 2.10. The van der Waals surface area contributed by atoms with Crippen LogP contribution < -0.4 is 5.32 Å². The molecule has 44 valence electrons. The monoisotopic (exact) mass is 127 g/mol. The molecule has 0 amide bonds. The van der Waals surface area contributed by atoms with Crippen LogP contribution in [-0.2, 0) is 0 Å². The maximum absolute atomic E-state index is 3.07. The van der Waals surface area contributed by atoms with Crippen molar-refractivity contribution in [2.45, 2.75) is 6.92 Å². The zero-order valence-electron chi connectivity index (χ0n) is 5.06. The summed E-state index contributed by atoms with van der Waals surface area (Å²) in [5.41, 5.74) is 1.33. The molecule has 0 aliphatic carbocycles. The third-order valence-electron chi connectivity index (χ3n) is 0.977. The SMILES string of the molecule is CNc1cc(C)cs1. The molecule has 0 saturated carbocycles. The van der Waals surface area contributed by atoms with E-state index in [0.29, 0.717) is 0 Å². The lowest BCUT2D eigenvalue weighted by Gasteiger charge is -1.86. The predicted molar refractivity (Wildman–Crippen MR) is 38.6 cm³/mol. The fourth-order valence-electron chi connectivity index (χ4n) is 0.562. The molecule has 0 atom stereocenters. The summed E-state index contributed by atoms with van der Waals surface area (Å²) in [6.07, 6.45) is 0. The Morgan fingerprint density at radius 2 is 2.38 bits per heavy atom. The Kier molecular flexibility index (Phi) is 1.53. The maximum atomic E-state index is 3.07. The first-order valence-corrected chi connectivity index (χ1v) is 3.44. The van der Waals surface area contributed by atoms with E-state index in [1.165, 1.54) is 10.6 Å². The molecule has 0 aliphatic heterocycles. The van der Waals surface area contributed by atoms with Gasteiger partial charge >= 0.3 is 0 Å². The van der Waals surface area contributed by atoms with Crippen molar-refractivity contribution in [3.05, 3.63) is 17.0 Å². The molecule has 0 spiro atoms. The number of nitrogens with one attached hydrogen (secondary N) is 1. The van der Waals surface area contributed by atoms with Crippen molar-refractivity contribution in [1.82, 2.24) is 0 Å². The lowest BCUT2D eigenvalue weighted by molar-refractivity contribution is 1.52. The Labute approximate surface area is 53.4 Å². The Balaban J connectivity index is 2.84. The standard InChI is InChI=1S/C6H9NS/c1-5-3-6(7-2)8-4-5/h3-4,7H,1-2H3. The first-order valence-electron chi connectivity index (χ1n) is 2.56. The first-order chi connectivity index (χ1) is 3.83. The summed E-state index contributed by atoms with van der Waals surface area (Å²) >= 11 is 1.74. The summed E-state index contributed by atoms with van der Waals surface area (Å²) in [4.78, 5) is 0. The molecule has 0 unspecified atom stereocenters. The molecule has 1 N–H and O–H groups in total. The van der Waals surface area contributed by atoms with Gasteiger partial charge < -0.3 is 5.32 Å². The van der Waals surface area contributed by atoms with Crippen LogP contribution in [-0.4, -0.2) is 7.05 Å². The highest BCUT2D eigenvalue weighted by Gasteiger charge is 1.88. The van der Waals surface area contributed by atoms with Gasteiger partial charge in [0.2, 0.25) is 0 Å². The molecule has 8 heavy (non-hydrogen) atoms. The van der Waals surface area contributed by atoms with E-state index in [-0.39, 0.29) is 0 Å². The molecule has 2 heteroatoms. The lowest BCUT2D eigenvalue weighted by atomic mass is 10.4. The Bertz CT molecular complexity index is 169. The molecular formula is C6H9NS. The van der Waals surface area contributed by atoms with E-state index >= 15 is 0 Å². The van der Waals surface area contributed by atoms with Crippen molar-refractivity contribution in [3.63, 3.8) is 0 Å². The molecule has 0 bridgehead atoms. The van der Waals surface area contributed by atoms with E-state index in [2.05, 4.69) is 23.7 Å². The summed E-state index contributed by atoms with van der Waals surface area (Å²) in [5, 5.41) is 6.44. The molecule has 0 radical (unpaired) electrons. The van der Waals surface area contributed by atoms with Crippen LogP contribution in [0.1, 0.15) is 5.56 Å². The fourth-order valence-corrected chi connectivity index (χ4v) is 1.32. The second kappa shape index (κ2) is 2.18. The summed E-state index contributed by atoms with van der Waals surface area (Å²) in [7, 11) is 1.94. The van der Waals surface area contributed by atoms with Crippen LogP contribution in [0.15, 0.2) is 11.4 Å². The third kappa shape index (κ3) is 1.01. The molecule has 1 aromatic heterocycles. The van der Waals surface area contributed by atoms with Gasteiger partial charge in [-0.1, -0.05) is 0 Å². The lowest BCUT2D eigenvalue weighted by Crippen LogP contribution is -1.80. The minimum atomic E-state index is 1.24. The zero-order chi connectivity index (χ0) is 5.98. The van der Waals surface area contributed by atoms with Gasteiger partial charge in [-0.25, -0.2) is 0 Å². The average Bonchev–Trinajstić information content (AvgIpc) is 2.14. The topological polar surface area (TPSA) is 12.0 Å². The normalized spacial score (nSPS) is 9.25. The molecular weight excluding hydrogens is 118 g/mol. The molecule has 1 nitrogen and oxygen atoms in total. The van der Waals surface area contributed by atoms with Crippen molar-refractivity contribution >= 4 is 16.3 Å². The largest absolute Gasteiger partial charge is 0.380 e. The van der Waals surface area contributed by atoms with Crippen LogP contribution >= 0.6 is 11.3 Å². The second-order valence-electron chi connectivity index (χ2n) is 1.74. The Morgan fingerprint density at radius 3 is 2.62 bits per heavy atom. The highest BCUT2D eigenvalue weighted by Crippen LogP contribution is 2.17. The first kappa shape index (κ1) is 5.63. The quantitative estimate of drug-likeness (QED) is 0.609. The van der Waals surface area contributed by atoms with Gasteiger partial charge in [-0.2, -0.15) is 0 Å². The van der Waals surface area contributed by atoms with Gasteiger partial charge in [0.05, 0.1) is 5.00 Å². The maximum Gasteiger partial charge on any atom is 0.0882 e. The smallest absolute Gasteiger partial charge is 0.0882 e. The molecule has 0 aromatic carbocycles. The van der Waals surface area contributed by atoms with Gasteiger partial charge in [-0.3, -0.25) is 0 Å². The number of aryl methyl sites for hydroxylation is 1. The number of anilines is 1. The third-order valence-corrected chi connectivity index (χ3v) is 2.04. The summed E-state index contributed by atoms with van der Waals surface area (Å²) < 4.78 is 0. The number of hydrogen-bond acceptors (Lipinski definition) is 2. The molecule has 0 fully saturated rings. The summed E-state index contributed by atoms with van der Waals surface area (Å²) in [6.45, 7) is 2.09. The van der Waals surface area contributed by atoms with E-state index < -0.39 is 0 Å². The van der Waals surface area contributed by atoms with Crippen LogP contribution in [0.25, 0.3) is 0 Å². The fraction of sp³-hybridized carbons (Fsp3) is 0.333. The van der Waals surface area contributed by atoms with Gasteiger partial charge in [0.25, 0.3) is 0 Å². The molecule has 0 saturated heterocycles. The summed E-state index contributed by atoms with van der Waals surface area (Å²) in [5.74, 6) is 0. The summed E-state index contributed by atoms with van der Waals surface area (Å²) in [6, 6.07) is 2.13. The van der Waals surface area contributed by atoms with Crippen molar-refractivity contribution in [1.29, 1.82) is 0 Å². The highest BCUT2D eigenvalue weighted by atomic mass is 32.1. The van der Waals surface area contributed by atoms with Crippen molar-refractivity contribution in [2.75, 3.05) is 12.4 Å². The van der Waals surface area contributed by atoms with Gasteiger partial charge in [-0.05, 0) is 23.9 Å². The van der Waals surface area contributed by atoms with Crippen molar-refractivity contribution in [2.24, 2.45) is 0 Å². The van der Waals surface area contributed by atoms with Gasteiger partial charge in [0, 0.05) is 7.05 Å². The Morgan fingerprint density at radius 1 is 1.62 bits per heavy atom. The molecule has 1 rings (SSSR count). The molecule has 1 heterocycles. The number of thiophene rings is 1. The van der Waals surface area contributed by atoms with Crippen LogP contribution in [0.5, 0.6) is 0 Å². The zero-order valence-corrected chi connectivity index (χ0v) is 5.88. The second-order valence-corrected chi connectivity index (χ2v) is 2.65. The van der Waals surface area contributed by atoms with Crippen LogP contribution in [0.2, 0.25) is 0 Å². The van der Waals surface area contributed by atoms with Gasteiger partial charge in [-0.15, -0.1) is 11.3 Å². The average molecular weight is 127 g/mol. The number of rotatable bonds is 1. The highest BCUT2D eigenvalue weighted by molar-refractivity contribution is 7.14. The van der Waals surface area contributed by atoms with Gasteiger partial charge in [0.15, 0.2) is 0 Å². The van der Waals surface area contributed by atoms with E-state index in [9.17, 15) is 0 Å². The number of hydrogen-bond donors (Lipinski definition) is 1.